The summed E-state index contributed by atoms with van der Waals surface area (Å²) < 4.78 is 0.787. The second-order valence-electron chi connectivity index (χ2n) is 3.18. The molecule has 0 aromatic carbocycles. The van der Waals surface area contributed by atoms with Crippen LogP contribution in [0.25, 0.3) is 0 Å². The van der Waals surface area contributed by atoms with Gasteiger partial charge in [0, 0.05) is 0 Å². The van der Waals surface area contributed by atoms with E-state index in [4.69, 9.17) is 0 Å². The van der Waals surface area contributed by atoms with Crippen molar-refractivity contribution in [3.05, 3.63) is 47.6 Å². The summed E-state index contributed by atoms with van der Waals surface area (Å²) in [6.07, 6.45) is 15.8. The Kier molecular flexibility index (Phi) is 10.6. The van der Waals surface area contributed by atoms with Gasteiger partial charge in [0.1, 0.15) is 0 Å². The van der Waals surface area contributed by atoms with E-state index in [0.29, 0.717) is 0 Å². The molecular formula is C11H11Cl3Hf. The zero-order valence-corrected chi connectivity index (χ0v) is 14.0. The van der Waals surface area contributed by atoms with Gasteiger partial charge < -0.3 is 37.2 Å². The summed E-state index contributed by atoms with van der Waals surface area (Å²) in [6, 6.07) is 0. The average Bonchev–Trinajstić information content (AvgIpc) is 2.77. The van der Waals surface area contributed by atoms with E-state index in [1.807, 2.05) is 0 Å². The molecule has 0 aromatic heterocycles. The van der Waals surface area contributed by atoms with Gasteiger partial charge in [0.05, 0.1) is 0 Å². The average molecular weight is 428 g/mol. The summed E-state index contributed by atoms with van der Waals surface area (Å²) in [5.41, 5.74) is 3.24. The van der Waals surface area contributed by atoms with Crippen LogP contribution in [0, 0.1) is 0 Å². The third-order valence-corrected chi connectivity index (χ3v) is 5.01. The van der Waals surface area contributed by atoms with Crippen LogP contribution in [0.3, 0.4) is 0 Å². The van der Waals surface area contributed by atoms with Crippen molar-refractivity contribution < 1.29 is 61.6 Å². The molecule has 0 bridgehead atoms. The van der Waals surface area contributed by atoms with Crippen LogP contribution in [0.5, 0.6) is 0 Å². The fraction of sp³-hybridized carbons (Fsp3) is 0.273. The van der Waals surface area contributed by atoms with Gasteiger partial charge in [-0.15, -0.1) is 0 Å². The fourth-order valence-corrected chi connectivity index (χ4v) is 3.13. The monoisotopic (exact) mass is 428 g/mol. The third kappa shape index (κ3) is 4.60. The van der Waals surface area contributed by atoms with Crippen LogP contribution in [-0.2, 0) is 24.4 Å². The van der Waals surface area contributed by atoms with Gasteiger partial charge in [-0.1, -0.05) is 0 Å². The van der Waals surface area contributed by atoms with Crippen LogP contribution in [0.2, 0.25) is 3.67 Å². The number of hydrogen-bond acceptors (Lipinski definition) is 0. The standard InChI is InChI=1S/C11H11.3ClH.Hf/c1-2-6-10(5-1)9-11-7-3-4-8-11;;;;/h1-5,7,9H,6,8H2;3*1H;/q;;;;+3/p-3. The van der Waals surface area contributed by atoms with Crippen LogP contribution >= 0.6 is 0 Å². The maximum absolute atomic E-state index is 2.29. The van der Waals surface area contributed by atoms with Crippen LogP contribution in [0.1, 0.15) is 12.8 Å². The molecule has 0 saturated heterocycles. The Balaban J connectivity index is 0. The van der Waals surface area contributed by atoms with E-state index >= 15 is 0 Å². The molecule has 4 heteroatoms. The van der Waals surface area contributed by atoms with Gasteiger partial charge in [-0.25, -0.2) is 0 Å². The molecule has 15 heavy (non-hydrogen) atoms. The first-order chi connectivity index (χ1) is 5.88. The van der Waals surface area contributed by atoms with E-state index in [1.54, 1.807) is 11.1 Å². The van der Waals surface area contributed by atoms with Gasteiger partial charge in [0.25, 0.3) is 0 Å². The topological polar surface area (TPSA) is 0 Å². The summed E-state index contributed by atoms with van der Waals surface area (Å²) in [5.74, 6) is 0. The molecule has 0 amide bonds. The zero-order valence-electron chi connectivity index (χ0n) is 8.09. The van der Waals surface area contributed by atoms with Gasteiger partial charge in [-0.3, -0.25) is 0 Å². The van der Waals surface area contributed by atoms with Crippen molar-refractivity contribution in [1.82, 2.24) is 0 Å². The Morgan fingerprint density at radius 1 is 0.867 bits per heavy atom. The number of halogens is 3. The Morgan fingerprint density at radius 2 is 1.27 bits per heavy atom. The molecule has 0 N–H and O–H groups in total. The fourth-order valence-electron chi connectivity index (χ4n) is 1.59. The quantitative estimate of drug-likeness (QED) is 0.385. The molecule has 2 aliphatic carbocycles. The van der Waals surface area contributed by atoms with Gasteiger partial charge in [-0.2, -0.15) is 0 Å². The molecule has 2 aliphatic rings. The van der Waals surface area contributed by atoms with Gasteiger partial charge in [0.2, 0.25) is 0 Å². The molecule has 0 unspecified atom stereocenters. The second kappa shape index (κ2) is 8.81. The summed E-state index contributed by atoms with van der Waals surface area (Å²) in [6.45, 7) is 0. The van der Waals surface area contributed by atoms with Crippen LogP contribution in [0.15, 0.2) is 47.6 Å². The molecular weight excluding hydrogens is 417 g/mol. The SMILES string of the molecule is [Cl-].[Cl-].[Cl-].[Hf+3][CH](C1=CC=CC1)C1=CC=CC1. The van der Waals surface area contributed by atoms with E-state index in [2.05, 4.69) is 36.5 Å². The van der Waals surface area contributed by atoms with E-state index in [0.717, 1.165) is 3.67 Å². The van der Waals surface area contributed by atoms with Crippen molar-refractivity contribution in [2.24, 2.45) is 0 Å². The Morgan fingerprint density at radius 3 is 1.53 bits per heavy atom. The summed E-state index contributed by atoms with van der Waals surface area (Å²) in [7, 11) is 0. The predicted octanol–water partition coefficient (Wildman–Crippen LogP) is -5.89. The molecule has 0 nitrogen and oxygen atoms in total. The van der Waals surface area contributed by atoms with Crippen molar-refractivity contribution in [2.75, 3.05) is 0 Å². The Labute approximate surface area is 125 Å². The molecule has 0 spiro atoms. The minimum atomic E-state index is 0. The van der Waals surface area contributed by atoms with Gasteiger partial charge in [-0.05, 0) is 0 Å². The maximum atomic E-state index is 2.29. The van der Waals surface area contributed by atoms with Crippen molar-refractivity contribution in [2.45, 2.75) is 16.5 Å². The molecule has 0 radical (unpaired) electrons. The normalized spacial score (nSPS) is 16.5. The van der Waals surface area contributed by atoms with E-state index < -0.39 is 0 Å². The van der Waals surface area contributed by atoms with E-state index in [-0.39, 0.29) is 37.2 Å². The molecule has 0 saturated carbocycles. The molecule has 2 rings (SSSR count). The van der Waals surface area contributed by atoms with Crippen molar-refractivity contribution in [3.8, 4) is 0 Å². The van der Waals surface area contributed by atoms with Crippen LogP contribution < -0.4 is 37.2 Å². The first-order valence-electron chi connectivity index (χ1n) is 4.30. The van der Waals surface area contributed by atoms with Crippen molar-refractivity contribution in [3.63, 3.8) is 0 Å². The van der Waals surface area contributed by atoms with Crippen molar-refractivity contribution in [1.29, 1.82) is 0 Å². The summed E-state index contributed by atoms with van der Waals surface area (Å²) >= 11 is 1.26. The predicted molar refractivity (Wildman–Crippen MR) is 47.4 cm³/mol. The van der Waals surface area contributed by atoms with E-state index in [9.17, 15) is 0 Å². The number of hydrogen-bond donors (Lipinski definition) is 0. The Bertz CT molecular complexity index is 273. The first kappa shape index (κ1) is 18.1. The van der Waals surface area contributed by atoms with Gasteiger partial charge >= 0.3 is 88.5 Å². The zero-order chi connectivity index (χ0) is 8.39. The molecule has 0 atom stereocenters. The first-order valence-corrected chi connectivity index (χ1v) is 6.37. The number of rotatable bonds is 2. The molecule has 0 aliphatic heterocycles. The summed E-state index contributed by atoms with van der Waals surface area (Å²) in [5, 5.41) is 0. The molecule has 0 heterocycles. The number of allylic oxidation sites excluding steroid dienone is 8. The minimum absolute atomic E-state index is 0. The molecule has 80 valence electrons. The van der Waals surface area contributed by atoms with Gasteiger partial charge in [0.15, 0.2) is 0 Å². The van der Waals surface area contributed by atoms with E-state index in [1.165, 1.54) is 37.2 Å². The van der Waals surface area contributed by atoms with Crippen LogP contribution in [0.4, 0.5) is 0 Å². The molecule has 0 fully saturated rings. The third-order valence-electron chi connectivity index (χ3n) is 2.34. The summed E-state index contributed by atoms with van der Waals surface area (Å²) in [4.78, 5) is 0. The Hall–Kier alpha value is 0.700. The second-order valence-corrected chi connectivity index (χ2v) is 5.25. The van der Waals surface area contributed by atoms with Crippen LogP contribution in [-0.4, -0.2) is 0 Å². The molecule has 0 aromatic rings. The van der Waals surface area contributed by atoms with Crippen molar-refractivity contribution >= 4 is 0 Å².